The summed E-state index contributed by atoms with van der Waals surface area (Å²) in [6, 6.07) is 5.65. The lowest BCUT2D eigenvalue weighted by molar-refractivity contribution is 0.319. The molecule has 0 aliphatic carbocycles. The average molecular weight is 311 g/mol. The van der Waals surface area contributed by atoms with Crippen LogP contribution in [0.5, 0.6) is 5.75 Å². The van der Waals surface area contributed by atoms with Gasteiger partial charge in [0.1, 0.15) is 5.75 Å². The van der Waals surface area contributed by atoms with E-state index in [1.54, 1.807) is 11.3 Å². The molecule has 20 heavy (non-hydrogen) atoms. The molecule has 0 fully saturated rings. The van der Waals surface area contributed by atoms with Crippen LogP contribution in [0.2, 0.25) is 5.02 Å². The van der Waals surface area contributed by atoms with Gasteiger partial charge >= 0.3 is 0 Å². The number of nitrogens with one attached hydrogen (secondary N) is 1. The number of anilines is 1. The van der Waals surface area contributed by atoms with Crippen molar-refractivity contribution in [2.24, 2.45) is 0 Å². The SMILES string of the molecule is CCCOc1ccc(Cl)cc1NCc1sc(C)nc1C. The van der Waals surface area contributed by atoms with E-state index < -0.39 is 0 Å². The molecule has 0 saturated heterocycles. The molecule has 0 amide bonds. The van der Waals surface area contributed by atoms with Crippen LogP contribution in [0.15, 0.2) is 18.2 Å². The topological polar surface area (TPSA) is 34.1 Å². The monoisotopic (exact) mass is 310 g/mol. The number of hydrogen-bond acceptors (Lipinski definition) is 4. The minimum atomic E-state index is 0.702. The van der Waals surface area contributed by atoms with Crippen LogP contribution in [0.1, 0.15) is 28.9 Å². The Morgan fingerprint density at radius 3 is 2.80 bits per heavy atom. The summed E-state index contributed by atoms with van der Waals surface area (Å²) in [4.78, 5) is 5.67. The number of thiazole rings is 1. The van der Waals surface area contributed by atoms with E-state index in [9.17, 15) is 0 Å². The van der Waals surface area contributed by atoms with Crippen LogP contribution in [0.3, 0.4) is 0 Å². The number of ether oxygens (including phenoxy) is 1. The molecule has 0 saturated carbocycles. The highest BCUT2D eigenvalue weighted by Gasteiger charge is 2.08. The molecule has 0 aliphatic rings. The molecular weight excluding hydrogens is 292 g/mol. The lowest BCUT2D eigenvalue weighted by Gasteiger charge is -2.13. The molecule has 0 spiro atoms. The van der Waals surface area contributed by atoms with E-state index >= 15 is 0 Å². The minimum absolute atomic E-state index is 0.702. The van der Waals surface area contributed by atoms with Crippen LogP contribution in [0.4, 0.5) is 5.69 Å². The summed E-state index contributed by atoms with van der Waals surface area (Å²) < 4.78 is 5.73. The van der Waals surface area contributed by atoms with Gasteiger partial charge in [-0.3, -0.25) is 0 Å². The summed E-state index contributed by atoms with van der Waals surface area (Å²) in [5.41, 5.74) is 2.01. The molecule has 1 aromatic carbocycles. The van der Waals surface area contributed by atoms with E-state index in [0.29, 0.717) is 11.6 Å². The van der Waals surface area contributed by atoms with Gasteiger partial charge in [0.25, 0.3) is 0 Å². The Labute approximate surface area is 129 Å². The van der Waals surface area contributed by atoms with E-state index in [1.807, 2.05) is 32.0 Å². The van der Waals surface area contributed by atoms with Crippen LogP contribution >= 0.6 is 22.9 Å². The van der Waals surface area contributed by atoms with Gasteiger partial charge in [-0.15, -0.1) is 11.3 Å². The van der Waals surface area contributed by atoms with Crippen molar-refractivity contribution in [2.75, 3.05) is 11.9 Å². The highest BCUT2D eigenvalue weighted by atomic mass is 35.5. The van der Waals surface area contributed by atoms with Crippen molar-refractivity contribution in [3.8, 4) is 5.75 Å². The fourth-order valence-corrected chi connectivity index (χ4v) is 2.94. The first-order chi connectivity index (χ1) is 9.60. The van der Waals surface area contributed by atoms with Gasteiger partial charge < -0.3 is 10.1 Å². The third kappa shape index (κ3) is 3.87. The predicted octanol–water partition coefficient (Wildman–Crippen LogP) is 4.81. The molecule has 0 radical (unpaired) electrons. The maximum atomic E-state index is 6.06. The fraction of sp³-hybridized carbons (Fsp3) is 0.400. The summed E-state index contributed by atoms with van der Waals surface area (Å²) in [6.07, 6.45) is 0.981. The van der Waals surface area contributed by atoms with Crippen molar-refractivity contribution >= 4 is 28.6 Å². The second kappa shape index (κ2) is 6.95. The number of benzene rings is 1. The smallest absolute Gasteiger partial charge is 0.142 e. The standard InChI is InChI=1S/C15H19ClN2OS/c1-4-7-19-14-6-5-12(16)8-13(14)17-9-15-10(2)18-11(3)20-15/h5-6,8,17H,4,7,9H2,1-3H3. The third-order valence-electron chi connectivity index (χ3n) is 2.84. The number of hydrogen-bond donors (Lipinski definition) is 1. The Balaban J connectivity index is 2.11. The molecule has 5 heteroatoms. The fourth-order valence-electron chi connectivity index (χ4n) is 1.89. The van der Waals surface area contributed by atoms with Gasteiger partial charge in [-0.05, 0) is 38.5 Å². The van der Waals surface area contributed by atoms with Gasteiger partial charge in [0.2, 0.25) is 0 Å². The molecule has 1 N–H and O–H groups in total. The first-order valence-corrected chi connectivity index (χ1v) is 7.88. The van der Waals surface area contributed by atoms with Gasteiger partial charge in [-0.1, -0.05) is 18.5 Å². The molecule has 1 heterocycles. The molecule has 0 aliphatic heterocycles. The van der Waals surface area contributed by atoms with Gasteiger partial charge in [0.15, 0.2) is 0 Å². The third-order valence-corrected chi connectivity index (χ3v) is 4.15. The van der Waals surface area contributed by atoms with Crippen molar-refractivity contribution in [1.29, 1.82) is 0 Å². The number of rotatable bonds is 6. The van der Waals surface area contributed by atoms with Gasteiger partial charge in [0, 0.05) is 9.90 Å². The van der Waals surface area contributed by atoms with E-state index in [-0.39, 0.29) is 0 Å². The maximum Gasteiger partial charge on any atom is 0.142 e. The van der Waals surface area contributed by atoms with Gasteiger partial charge in [-0.25, -0.2) is 4.98 Å². The molecule has 0 unspecified atom stereocenters. The average Bonchev–Trinajstić information content (AvgIpc) is 2.73. The minimum Gasteiger partial charge on any atom is -0.491 e. The summed E-state index contributed by atoms with van der Waals surface area (Å²) in [5.74, 6) is 0.843. The first-order valence-electron chi connectivity index (χ1n) is 6.69. The lowest BCUT2D eigenvalue weighted by atomic mass is 10.2. The zero-order valence-electron chi connectivity index (χ0n) is 12.0. The van der Waals surface area contributed by atoms with Crippen molar-refractivity contribution in [1.82, 2.24) is 4.98 Å². The second-order valence-electron chi connectivity index (χ2n) is 4.58. The largest absolute Gasteiger partial charge is 0.491 e. The summed E-state index contributed by atoms with van der Waals surface area (Å²) in [7, 11) is 0. The number of aryl methyl sites for hydroxylation is 2. The van der Waals surface area contributed by atoms with Gasteiger partial charge in [0.05, 0.1) is 29.5 Å². The van der Waals surface area contributed by atoms with Crippen LogP contribution in [0, 0.1) is 13.8 Å². The number of aromatic nitrogens is 1. The molecule has 3 nitrogen and oxygen atoms in total. The Kier molecular flexibility index (Phi) is 5.26. The van der Waals surface area contributed by atoms with E-state index in [1.165, 1.54) is 4.88 Å². The zero-order valence-corrected chi connectivity index (χ0v) is 13.6. The summed E-state index contributed by atoms with van der Waals surface area (Å²) in [6.45, 7) is 7.59. The number of nitrogens with zero attached hydrogens (tertiary/aromatic N) is 1. The van der Waals surface area contributed by atoms with Crippen LogP contribution in [-0.2, 0) is 6.54 Å². The highest BCUT2D eigenvalue weighted by Crippen LogP contribution is 2.29. The van der Waals surface area contributed by atoms with Crippen molar-refractivity contribution in [3.63, 3.8) is 0 Å². The Bertz CT molecular complexity index is 583. The van der Waals surface area contributed by atoms with Crippen molar-refractivity contribution < 1.29 is 4.74 Å². The molecule has 1 aromatic heterocycles. The molecule has 0 atom stereocenters. The molecular formula is C15H19ClN2OS. The quantitative estimate of drug-likeness (QED) is 0.831. The molecule has 2 aromatic rings. The van der Waals surface area contributed by atoms with Crippen LogP contribution < -0.4 is 10.1 Å². The molecule has 2 rings (SSSR count). The van der Waals surface area contributed by atoms with Crippen LogP contribution in [-0.4, -0.2) is 11.6 Å². The van der Waals surface area contributed by atoms with E-state index in [4.69, 9.17) is 16.3 Å². The summed E-state index contributed by atoms with van der Waals surface area (Å²) in [5, 5.41) is 5.19. The highest BCUT2D eigenvalue weighted by molar-refractivity contribution is 7.11. The van der Waals surface area contributed by atoms with Crippen LogP contribution in [0.25, 0.3) is 0 Å². The molecule has 0 bridgehead atoms. The Morgan fingerprint density at radius 2 is 2.15 bits per heavy atom. The van der Waals surface area contributed by atoms with Gasteiger partial charge in [-0.2, -0.15) is 0 Å². The zero-order chi connectivity index (χ0) is 14.5. The van der Waals surface area contributed by atoms with Crippen molar-refractivity contribution in [3.05, 3.63) is 38.8 Å². The van der Waals surface area contributed by atoms with Crippen molar-refractivity contribution in [2.45, 2.75) is 33.7 Å². The summed E-state index contributed by atoms with van der Waals surface area (Å²) >= 11 is 7.78. The predicted molar refractivity (Wildman–Crippen MR) is 86.2 cm³/mol. The van der Waals surface area contributed by atoms with E-state index in [0.717, 1.165) is 35.1 Å². The Hall–Kier alpha value is -1.26. The Morgan fingerprint density at radius 1 is 1.35 bits per heavy atom. The lowest BCUT2D eigenvalue weighted by Crippen LogP contribution is -2.03. The number of halogens is 1. The molecule has 108 valence electrons. The van der Waals surface area contributed by atoms with E-state index in [2.05, 4.69) is 17.2 Å². The first kappa shape index (κ1) is 15.1. The normalized spacial score (nSPS) is 10.6. The second-order valence-corrected chi connectivity index (χ2v) is 6.31. The maximum absolute atomic E-state index is 6.06.